The molecule has 128 valence electrons. The second-order valence-electron chi connectivity index (χ2n) is 6.86. The van der Waals surface area contributed by atoms with E-state index in [0.717, 1.165) is 32.4 Å². The average Bonchev–Trinajstić information content (AvgIpc) is 3.04. The van der Waals surface area contributed by atoms with Crippen molar-refractivity contribution in [2.75, 3.05) is 6.54 Å². The van der Waals surface area contributed by atoms with Gasteiger partial charge in [-0.15, -0.1) is 0 Å². The number of nitrogens with one attached hydrogen (secondary N) is 1. The van der Waals surface area contributed by atoms with Crippen molar-refractivity contribution >= 4 is 5.97 Å². The van der Waals surface area contributed by atoms with Crippen molar-refractivity contribution in [1.29, 1.82) is 0 Å². The number of carbonyl (C=O) groups is 1. The Balaban J connectivity index is 1.64. The maximum absolute atomic E-state index is 11.2. The summed E-state index contributed by atoms with van der Waals surface area (Å²) in [7, 11) is 0. The molecule has 1 aromatic carbocycles. The third-order valence-corrected chi connectivity index (χ3v) is 4.74. The highest BCUT2D eigenvalue weighted by Crippen LogP contribution is 2.32. The largest absolute Gasteiger partial charge is 0.478 e. The summed E-state index contributed by atoms with van der Waals surface area (Å²) in [5.74, 6) is -0.468. The number of nitrogens with zero attached hydrogens (tertiary/aromatic N) is 2. The lowest BCUT2D eigenvalue weighted by Gasteiger charge is -2.26. The molecule has 1 aliphatic rings. The number of fused-ring (bicyclic) bond motifs is 1. The number of aromatic carboxylic acids is 1. The zero-order valence-corrected chi connectivity index (χ0v) is 14.3. The molecule has 2 aromatic rings. The van der Waals surface area contributed by atoms with Crippen LogP contribution < -0.4 is 5.32 Å². The zero-order valence-electron chi connectivity index (χ0n) is 14.3. The molecule has 0 amide bonds. The predicted molar refractivity (Wildman–Crippen MR) is 93.4 cm³/mol. The van der Waals surface area contributed by atoms with Gasteiger partial charge in [-0.25, -0.2) is 4.79 Å². The van der Waals surface area contributed by atoms with Crippen LogP contribution in [0.2, 0.25) is 0 Å². The quantitative estimate of drug-likeness (QED) is 0.853. The number of carboxylic acids is 1. The summed E-state index contributed by atoms with van der Waals surface area (Å²) >= 11 is 0. The van der Waals surface area contributed by atoms with Gasteiger partial charge in [0.2, 0.25) is 0 Å². The first-order valence-corrected chi connectivity index (χ1v) is 8.64. The minimum absolute atomic E-state index is 0.374. The molecular formula is C19H25N3O2. The number of carboxylic acid groups (broad SMARTS) is 1. The Morgan fingerprint density at radius 1 is 1.46 bits per heavy atom. The second-order valence-corrected chi connectivity index (χ2v) is 6.86. The lowest BCUT2D eigenvalue weighted by atomic mass is 9.82. The molecule has 1 unspecified atom stereocenters. The lowest BCUT2D eigenvalue weighted by molar-refractivity contribution is 0.0696. The van der Waals surface area contributed by atoms with Crippen LogP contribution in [0.25, 0.3) is 0 Å². The van der Waals surface area contributed by atoms with E-state index in [1.165, 1.54) is 16.7 Å². The van der Waals surface area contributed by atoms with Gasteiger partial charge in [0.15, 0.2) is 0 Å². The van der Waals surface area contributed by atoms with E-state index in [0.29, 0.717) is 17.5 Å². The summed E-state index contributed by atoms with van der Waals surface area (Å²) in [5, 5.41) is 17.1. The van der Waals surface area contributed by atoms with Gasteiger partial charge in [-0.3, -0.25) is 4.68 Å². The van der Waals surface area contributed by atoms with Gasteiger partial charge in [-0.1, -0.05) is 6.07 Å². The van der Waals surface area contributed by atoms with E-state index in [1.54, 1.807) is 6.07 Å². The minimum atomic E-state index is -0.851. The summed E-state index contributed by atoms with van der Waals surface area (Å²) in [6.07, 6.45) is 7.30. The molecule has 0 saturated carbocycles. The second kappa shape index (κ2) is 7.18. The summed E-state index contributed by atoms with van der Waals surface area (Å²) in [5.41, 5.74) is 4.06. The van der Waals surface area contributed by atoms with Crippen LogP contribution in [-0.4, -0.2) is 27.4 Å². The highest BCUT2D eigenvalue weighted by Gasteiger charge is 2.21. The standard InChI is InChI=1S/C19H25N3O2/c1-13(2)22-12-14(10-21-22)9-20-11-17-5-3-4-15-6-7-16(19(23)24)8-18(15)17/h6-8,10,12-13,17,20H,3-5,9,11H2,1-2H3,(H,23,24). The van der Waals surface area contributed by atoms with Crippen LogP contribution in [0.4, 0.5) is 0 Å². The van der Waals surface area contributed by atoms with Crippen LogP contribution in [0.5, 0.6) is 0 Å². The van der Waals surface area contributed by atoms with Crippen LogP contribution in [-0.2, 0) is 13.0 Å². The summed E-state index contributed by atoms with van der Waals surface area (Å²) in [6, 6.07) is 5.94. The molecule has 0 bridgehead atoms. The first kappa shape index (κ1) is 16.7. The molecule has 2 N–H and O–H groups in total. The average molecular weight is 327 g/mol. The van der Waals surface area contributed by atoms with Crippen molar-refractivity contribution in [3.8, 4) is 0 Å². The molecule has 1 aliphatic carbocycles. The monoisotopic (exact) mass is 327 g/mol. The van der Waals surface area contributed by atoms with E-state index in [1.807, 2.05) is 23.0 Å². The van der Waals surface area contributed by atoms with Crippen molar-refractivity contribution in [2.24, 2.45) is 0 Å². The molecule has 0 fully saturated rings. The molecule has 24 heavy (non-hydrogen) atoms. The Morgan fingerprint density at radius 3 is 3.00 bits per heavy atom. The zero-order chi connectivity index (χ0) is 17.1. The van der Waals surface area contributed by atoms with Gasteiger partial charge in [0, 0.05) is 30.9 Å². The Bertz CT molecular complexity index is 721. The molecule has 0 radical (unpaired) electrons. The fourth-order valence-electron chi connectivity index (χ4n) is 3.38. The number of hydrogen-bond acceptors (Lipinski definition) is 3. The summed E-state index contributed by atoms with van der Waals surface area (Å²) < 4.78 is 1.96. The van der Waals surface area contributed by atoms with E-state index in [2.05, 4.69) is 30.5 Å². The van der Waals surface area contributed by atoms with E-state index in [4.69, 9.17) is 0 Å². The molecule has 1 aromatic heterocycles. The van der Waals surface area contributed by atoms with Gasteiger partial charge in [-0.2, -0.15) is 5.10 Å². The Kier molecular flexibility index (Phi) is 5.00. The fourth-order valence-corrected chi connectivity index (χ4v) is 3.38. The van der Waals surface area contributed by atoms with Gasteiger partial charge in [0.05, 0.1) is 11.8 Å². The smallest absolute Gasteiger partial charge is 0.335 e. The van der Waals surface area contributed by atoms with Gasteiger partial charge >= 0.3 is 5.97 Å². The molecule has 5 heteroatoms. The van der Waals surface area contributed by atoms with Crippen LogP contribution in [0, 0.1) is 0 Å². The normalized spacial score (nSPS) is 17.0. The number of hydrogen-bond donors (Lipinski definition) is 2. The lowest BCUT2D eigenvalue weighted by Crippen LogP contribution is -2.24. The summed E-state index contributed by atoms with van der Waals surface area (Å²) in [6.45, 7) is 5.88. The Labute approximate surface area is 142 Å². The van der Waals surface area contributed by atoms with Gasteiger partial charge < -0.3 is 10.4 Å². The Hall–Kier alpha value is -2.14. The van der Waals surface area contributed by atoms with Gasteiger partial charge in [0.25, 0.3) is 0 Å². The van der Waals surface area contributed by atoms with Crippen LogP contribution in [0.1, 0.15) is 65.7 Å². The van der Waals surface area contributed by atoms with Crippen molar-refractivity contribution < 1.29 is 9.90 Å². The van der Waals surface area contributed by atoms with E-state index in [9.17, 15) is 9.90 Å². The molecule has 1 atom stereocenters. The Morgan fingerprint density at radius 2 is 2.29 bits per heavy atom. The molecular weight excluding hydrogens is 302 g/mol. The van der Waals surface area contributed by atoms with E-state index < -0.39 is 5.97 Å². The van der Waals surface area contributed by atoms with Crippen LogP contribution >= 0.6 is 0 Å². The van der Waals surface area contributed by atoms with Crippen LogP contribution in [0.3, 0.4) is 0 Å². The van der Waals surface area contributed by atoms with Crippen molar-refractivity contribution in [2.45, 2.75) is 51.6 Å². The minimum Gasteiger partial charge on any atom is -0.478 e. The predicted octanol–water partition coefficient (Wildman–Crippen LogP) is 3.37. The number of aryl methyl sites for hydroxylation is 1. The van der Waals surface area contributed by atoms with Crippen LogP contribution in [0.15, 0.2) is 30.6 Å². The topological polar surface area (TPSA) is 67.2 Å². The molecule has 0 spiro atoms. The SMILES string of the molecule is CC(C)n1cc(CNCC2CCCc3ccc(C(=O)O)cc32)cn1. The first-order valence-electron chi connectivity index (χ1n) is 8.64. The maximum Gasteiger partial charge on any atom is 0.335 e. The molecule has 0 aliphatic heterocycles. The van der Waals surface area contributed by atoms with Gasteiger partial charge in [-0.05, 0) is 62.3 Å². The van der Waals surface area contributed by atoms with Gasteiger partial charge in [0.1, 0.15) is 0 Å². The number of benzene rings is 1. The molecule has 1 heterocycles. The van der Waals surface area contributed by atoms with E-state index >= 15 is 0 Å². The van der Waals surface area contributed by atoms with Crippen molar-refractivity contribution in [1.82, 2.24) is 15.1 Å². The third kappa shape index (κ3) is 3.67. The molecule has 0 saturated heterocycles. The van der Waals surface area contributed by atoms with Crippen molar-refractivity contribution in [3.63, 3.8) is 0 Å². The maximum atomic E-state index is 11.2. The first-order chi connectivity index (χ1) is 11.5. The molecule has 3 rings (SSSR count). The summed E-state index contributed by atoms with van der Waals surface area (Å²) in [4.78, 5) is 11.2. The highest BCUT2D eigenvalue weighted by atomic mass is 16.4. The van der Waals surface area contributed by atoms with E-state index in [-0.39, 0.29) is 0 Å². The van der Waals surface area contributed by atoms with Crippen molar-refractivity contribution in [3.05, 3.63) is 52.8 Å². The highest BCUT2D eigenvalue weighted by molar-refractivity contribution is 5.88. The number of rotatable bonds is 6. The number of aromatic nitrogens is 2. The molecule has 5 nitrogen and oxygen atoms in total. The fraction of sp³-hybridized carbons (Fsp3) is 0.474. The third-order valence-electron chi connectivity index (χ3n) is 4.74.